The highest BCUT2D eigenvalue weighted by Gasteiger charge is 2.36. The Labute approximate surface area is 251 Å². The third-order valence-corrected chi connectivity index (χ3v) is 7.50. The van der Waals surface area contributed by atoms with E-state index in [1.807, 2.05) is 73.7 Å². The first-order chi connectivity index (χ1) is 20.7. The molecule has 1 heterocycles. The quantitative estimate of drug-likeness (QED) is 0.185. The minimum atomic E-state index is -3.69. The topological polar surface area (TPSA) is 88.1 Å². The van der Waals surface area contributed by atoms with Crippen molar-refractivity contribution in [3.8, 4) is 5.75 Å². The van der Waals surface area contributed by atoms with Crippen molar-refractivity contribution in [2.45, 2.75) is 32.5 Å². The number of hydrogen-bond donors (Lipinski definition) is 1. The van der Waals surface area contributed by atoms with Gasteiger partial charge < -0.3 is 9.64 Å². The number of nitrogens with zero attached hydrogens (tertiary/aromatic N) is 2. The van der Waals surface area contributed by atoms with Crippen LogP contribution in [0.3, 0.4) is 0 Å². The Morgan fingerprint density at radius 2 is 1.63 bits per heavy atom. The van der Waals surface area contributed by atoms with Gasteiger partial charge in [-0.05, 0) is 47.4 Å². The maximum absolute atomic E-state index is 14.1. The summed E-state index contributed by atoms with van der Waals surface area (Å²) >= 11 is 0. The largest absolute Gasteiger partial charge is 0.478 e. The maximum Gasteiger partial charge on any atom is 0.258 e. The number of benzene rings is 4. The number of aliphatic imine (C=N–C) groups is 1. The number of allylic oxidation sites excluding steroid dienone is 2. The van der Waals surface area contributed by atoms with E-state index in [0.717, 1.165) is 29.4 Å². The highest BCUT2D eigenvalue weighted by molar-refractivity contribution is 7.92. The first-order valence-corrected chi connectivity index (χ1v) is 15.8. The molecule has 43 heavy (non-hydrogen) atoms. The normalized spacial score (nSPS) is 13.3. The number of carbonyl (C=O) groups is 1. The fourth-order valence-corrected chi connectivity index (χ4v) is 5.55. The summed E-state index contributed by atoms with van der Waals surface area (Å²) in [7, 11) is -3.69. The highest BCUT2D eigenvalue weighted by atomic mass is 32.2. The summed E-state index contributed by atoms with van der Waals surface area (Å²) in [6.07, 6.45) is 6.60. The van der Waals surface area contributed by atoms with Gasteiger partial charge in [-0.2, -0.15) is 0 Å². The summed E-state index contributed by atoms with van der Waals surface area (Å²) in [4.78, 5) is 20.3. The molecule has 0 saturated carbocycles. The molecule has 0 bridgehead atoms. The number of hydrogen-bond acceptors (Lipinski definition) is 5. The lowest BCUT2D eigenvalue weighted by Gasteiger charge is -2.23. The zero-order valence-corrected chi connectivity index (χ0v) is 24.7. The number of fused-ring (bicyclic) bond motifs is 1. The molecule has 1 N–H and O–H groups in total. The minimum absolute atomic E-state index is 0.126. The molecule has 0 spiro atoms. The molecular formula is C34H32FN3O4S. The molecule has 9 heteroatoms. The fraction of sp³-hybridized carbons (Fsp3) is 0.176. The van der Waals surface area contributed by atoms with E-state index in [2.05, 4.69) is 9.71 Å². The molecule has 4 aromatic rings. The van der Waals surface area contributed by atoms with E-state index in [1.165, 1.54) is 12.1 Å². The number of sulfonamides is 1. The minimum Gasteiger partial charge on any atom is -0.478 e. The van der Waals surface area contributed by atoms with Crippen molar-refractivity contribution < 1.29 is 22.3 Å². The summed E-state index contributed by atoms with van der Waals surface area (Å²) in [5.74, 6) is -0.464. The van der Waals surface area contributed by atoms with Crippen LogP contribution in [0, 0.1) is 5.82 Å². The predicted octanol–water partition coefficient (Wildman–Crippen LogP) is 7.19. The zero-order chi connectivity index (χ0) is 30.4. The molecule has 0 saturated heterocycles. The highest BCUT2D eigenvalue weighted by Crippen LogP contribution is 2.46. The van der Waals surface area contributed by atoms with Crippen molar-refractivity contribution in [2.75, 3.05) is 11.0 Å². The molecule has 4 aromatic carbocycles. The second-order valence-electron chi connectivity index (χ2n) is 10.2. The van der Waals surface area contributed by atoms with Gasteiger partial charge in [-0.25, -0.2) is 12.8 Å². The van der Waals surface area contributed by atoms with Crippen LogP contribution in [0.4, 0.5) is 15.8 Å². The van der Waals surface area contributed by atoms with Gasteiger partial charge in [0.1, 0.15) is 17.6 Å². The van der Waals surface area contributed by atoms with Gasteiger partial charge in [-0.1, -0.05) is 85.8 Å². The Kier molecular flexibility index (Phi) is 9.01. The molecule has 0 radical (unpaired) electrons. The maximum atomic E-state index is 14.1. The fourth-order valence-electron chi connectivity index (χ4n) is 4.97. The van der Waals surface area contributed by atoms with Crippen LogP contribution >= 0.6 is 0 Å². The SMILES string of the molecule is CC/C=C\C=Nc1cc(NS(C)(=O)=O)c2c(c1OC(c1ccccc1)c1ccccc1)C(=O)N(Cc1ccc(F)cc1)C2. The Bertz CT molecular complexity index is 1720. The van der Waals surface area contributed by atoms with E-state index in [4.69, 9.17) is 4.74 Å². The van der Waals surface area contributed by atoms with E-state index in [1.54, 1.807) is 35.4 Å². The zero-order valence-electron chi connectivity index (χ0n) is 23.9. The van der Waals surface area contributed by atoms with E-state index in [0.29, 0.717) is 11.3 Å². The van der Waals surface area contributed by atoms with Crippen LogP contribution in [-0.4, -0.2) is 31.7 Å². The van der Waals surface area contributed by atoms with Crippen molar-refractivity contribution >= 4 is 33.5 Å². The van der Waals surface area contributed by atoms with Gasteiger partial charge in [0.25, 0.3) is 5.91 Å². The lowest BCUT2D eigenvalue weighted by molar-refractivity contribution is 0.0762. The first kappa shape index (κ1) is 29.7. The van der Waals surface area contributed by atoms with Gasteiger partial charge in [-0.3, -0.25) is 14.5 Å². The average molecular weight is 598 g/mol. The van der Waals surface area contributed by atoms with Crippen molar-refractivity contribution in [3.05, 3.63) is 137 Å². The van der Waals surface area contributed by atoms with Crippen LogP contribution in [0.25, 0.3) is 0 Å². The lowest BCUT2D eigenvalue weighted by atomic mass is 10.0. The molecule has 0 unspecified atom stereocenters. The summed E-state index contributed by atoms with van der Waals surface area (Å²) in [5, 5.41) is 0. The van der Waals surface area contributed by atoms with Crippen molar-refractivity contribution in [2.24, 2.45) is 4.99 Å². The van der Waals surface area contributed by atoms with Gasteiger partial charge in [0, 0.05) is 24.9 Å². The van der Waals surface area contributed by atoms with Crippen LogP contribution in [-0.2, 0) is 23.1 Å². The second kappa shape index (κ2) is 13.0. The summed E-state index contributed by atoms with van der Waals surface area (Å²) in [6, 6.07) is 26.8. The molecule has 220 valence electrons. The van der Waals surface area contributed by atoms with E-state index >= 15 is 0 Å². The number of anilines is 1. The van der Waals surface area contributed by atoms with Gasteiger partial charge in [-0.15, -0.1) is 0 Å². The molecule has 0 fully saturated rings. The Balaban J connectivity index is 1.68. The molecule has 1 aliphatic rings. The first-order valence-electron chi connectivity index (χ1n) is 13.9. The second-order valence-corrected chi connectivity index (χ2v) is 12.0. The van der Waals surface area contributed by atoms with Crippen LogP contribution in [0.2, 0.25) is 0 Å². The Morgan fingerprint density at radius 3 is 2.21 bits per heavy atom. The van der Waals surface area contributed by atoms with Crippen LogP contribution < -0.4 is 9.46 Å². The predicted molar refractivity (Wildman–Crippen MR) is 168 cm³/mol. The van der Waals surface area contributed by atoms with Gasteiger partial charge >= 0.3 is 0 Å². The molecule has 5 rings (SSSR count). The molecule has 1 amide bonds. The van der Waals surface area contributed by atoms with Crippen LogP contribution in [0.1, 0.15) is 52.1 Å². The Morgan fingerprint density at radius 1 is 1.00 bits per heavy atom. The lowest BCUT2D eigenvalue weighted by Crippen LogP contribution is -2.23. The van der Waals surface area contributed by atoms with E-state index < -0.39 is 16.1 Å². The number of halogens is 1. The third-order valence-electron chi connectivity index (χ3n) is 6.91. The molecule has 0 atom stereocenters. The number of amides is 1. The van der Waals surface area contributed by atoms with Gasteiger partial charge in [0.05, 0.1) is 17.5 Å². The van der Waals surface area contributed by atoms with Crippen LogP contribution in [0.5, 0.6) is 5.75 Å². The van der Waals surface area contributed by atoms with Gasteiger partial charge in [0.2, 0.25) is 10.0 Å². The van der Waals surface area contributed by atoms with Crippen LogP contribution in [0.15, 0.2) is 108 Å². The smallest absolute Gasteiger partial charge is 0.258 e. The molecule has 1 aliphatic heterocycles. The third kappa shape index (κ3) is 7.18. The Hall–Kier alpha value is -4.76. The molecule has 7 nitrogen and oxygen atoms in total. The van der Waals surface area contributed by atoms with E-state index in [-0.39, 0.29) is 41.8 Å². The van der Waals surface area contributed by atoms with E-state index in [9.17, 15) is 17.6 Å². The standard InChI is InChI=1S/C34H32FN3O4S/c1-3-4-11-20-36-30-21-29(37-43(2,40)41)28-23-38(22-24-16-18-27(35)19-17-24)34(39)31(28)33(30)42-32(25-12-7-5-8-13-25)26-14-9-6-10-15-26/h4-21,32,37H,3,22-23H2,1-2H3/b11-4-,36-20?. The summed E-state index contributed by atoms with van der Waals surface area (Å²) in [5.41, 5.74) is 3.75. The molecular weight excluding hydrogens is 565 g/mol. The summed E-state index contributed by atoms with van der Waals surface area (Å²) < 4.78 is 47.7. The van der Waals surface area contributed by atoms with Crippen molar-refractivity contribution in [1.29, 1.82) is 0 Å². The van der Waals surface area contributed by atoms with Crippen molar-refractivity contribution in [1.82, 2.24) is 4.90 Å². The summed E-state index contributed by atoms with van der Waals surface area (Å²) in [6.45, 7) is 2.33. The number of ether oxygens (including phenoxy) is 1. The van der Waals surface area contributed by atoms with Crippen molar-refractivity contribution in [3.63, 3.8) is 0 Å². The average Bonchev–Trinajstić information content (AvgIpc) is 3.32. The van der Waals surface area contributed by atoms with Gasteiger partial charge in [0.15, 0.2) is 5.75 Å². The molecule has 0 aromatic heterocycles. The molecule has 0 aliphatic carbocycles. The number of carbonyl (C=O) groups excluding carboxylic acids is 1. The number of nitrogens with one attached hydrogen (secondary N) is 1. The monoisotopic (exact) mass is 597 g/mol. The number of rotatable bonds is 11.